The Labute approximate surface area is 109 Å². The average molecular weight is 262 g/mol. The molecule has 0 spiro atoms. The molecule has 2 aromatic carbocycles. The van der Waals surface area contributed by atoms with E-state index in [1.165, 1.54) is 0 Å². The third-order valence-corrected chi connectivity index (χ3v) is 3.19. The smallest absolute Gasteiger partial charge is 0.0465 e. The number of nitrogens with one attached hydrogen (secondary N) is 1. The minimum absolute atomic E-state index is 0.735. The Kier molecular flexibility index (Phi) is 2.58. The van der Waals surface area contributed by atoms with E-state index in [9.17, 15) is 0 Å². The molecule has 3 heteroatoms. The first-order valence-corrected chi connectivity index (χ1v) is 6.02. The van der Waals surface area contributed by atoms with Crippen LogP contribution >= 0.6 is 23.2 Å². The topological polar surface area (TPSA) is 15.8 Å². The quantitative estimate of drug-likeness (QED) is 0.624. The number of hydrogen-bond acceptors (Lipinski definition) is 0. The van der Waals surface area contributed by atoms with Gasteiger partial charge in [0, 0.05) is 26.6 Å². The van der Waals surface area contributed by atoms with E-state index in [-0.39, 0.29) is 0 Å². The van der Waals surface area contributed by atoms with Gasteiger partial charge in [0.15, 0.2) is 0 Å². The van der Waals surface area contributed by atoms with Crippen LogP contribution in [0.3, 0.4) is 0 Å². The second-order valence-electron chi connectivity index (χ2n) is 3.92. The fourth-order valence-electron chi connectivity index (χ4n) is 1.92. The van der Waals surface area contributed by atoms with Crippen LogP contribution in [-0.4, -0.2) is 4.98 Å². The van der Waals surface area contributed by atoms with Gasteiger partial charge in [-0.25, -0.2) is 0 Å². The molecule has 0 amide bonds. The molecule has 0 saturated carbocycles. The van der Waals surface area contributed by atoms with E-state index in [0.717, 1.165) is 32.2 Å². The van der Waals surface area contributed by atoms with Gasteiger partial charge in [-0.05, 0) is 42.0 Å². The van der Waals surface area contributed by atoms with Gasteiger partial charge in [0.25, 0.3) is 0 Å². The van der Waals surface area contributed by atoms with Gasteiger partial charge >= 0.3 is 0 Å². The summed E-state index contributed by atoms with van der Waals surface area (Å²) in [5, 5.41) is 2.58. The lowest BCUT2D eigenvalue weighted by Crippen LogP contribution is -1.76. The van der Waals surface area contributed by atoms with Crippen molar-refractivity contribution in [2.45, 2.75) is 0 Å². The van der Waals surface area contributed by atoms with Crippen molar-refractivity contribution in [2.75, 3.05) is 0 Å². The summed E-state index contributed by atoms with van der Waals surface area (Å²) in [5.41, 5.74) is 3.19. The predicted molar refractivity (Wildman–Crippen MR) is 73.8 cm³/mol. The largest absolute Gasteiger partial charge is 0.355 e. The molecule has 0 radical (unpaired) electrons. The molecule has 3 aromatic rings. The van der Waals surface area contributed by atoms with Crippen molar-refractivity contribution in [3.05, 3.63) is 58.6 Å². The minimum Gasteiger partial charge on any atom is -0.355 e. The van der Waals surface area contributed by atoms with Crippen molar-refractivity contribution in [1.82, 2.24) is 4.98 Å². The van der Waals surface area contributed by atoms with Gasteiger partial charge in [-0.15, -0.1) is 0 Å². The molecule has 84 valence electrons. The maximum absolute atomic E-state index is 5.98. The monoisotopic (exact) mass is 261 g/mol. The summed E-state index contributed by atoms with van der Waals surface area (Å²) in [6.45, 7) is 0. The van der Waals surface area contributed by atoms with E-state index in [1.54, 1.807) is 0 Å². The number of H-pyrrole nitrogens is 1. The molecular formula is C14H9Cl2N. The minimum atomic E-state index is 0.735. The molecule has 0 saturated heterocycles. The van der Waals surface area contributed by atoms with Crippen LogP contribution in [0.2, 0.25) is 10.0 Å². The number of aromatic amines is 1. The summed E-state index contributed by atoms with van der Waals surface area (Å²) >= 11 is 11.9. The lowest BCUT2D eigenvalue weighted by Gasteiger charge is -1.97. The van der Waals surface area contributed by atoms with Crippen LogP contribution in [0.15, 0.2) is 48.5 Å². The number of rotatable bonds is 1. The van der Waals surface area contributed by atoms with Crippen LogP contribution in [0.5, 0.6) is 0 Å². The third-order valence-electron chi connectivity index (χ3n) is 2.72. The highest BCUT2D eigenvalue weighted by atomic mass is 35.5. The summed E-state index contributed by atoms with van der Waals surface area (Å²) in [7, 11) is 0. The van der Waals surface area contributed by atoms with Crippen LogP contribution in [0, 0.1) is 0 Å². The first kappa shape index (κ1) is 10.7. The second kappa shape index (κ2) is 4.10. The van der Waals surface area contributed by atoms with Gasteiger partial charge in [-0.2, -0.15) is 0 Å². The molecule has 0 aliphatic heterocycles. The zero-order valence-corrected chi connectivity index (χ0v) is 10.4. The van der Waals surface area contributed by atoms with Crippen molar-refractivity contribution in [3.8, 4) is 11.3 Å². The average Bonchev–Trinajstić information content (AvgIpc) is 2.72. The Morgan fingerprint density at radius 1 is 0.824 bits per heavy atom. The molecule has 0 aliphatic rings. The number of aromatic nitrogens is 1. The summed E-state index contributed by atoms with van der Waals surface area (Å²) in [5.74, 6) is 0. The molecule has 0 bridgehead atoms. The number of fused-ring (bicyclic) bond motifs is 1. The van der Waals surface area contributed by atoms with Gasteiger partial charge < -0.3 is 4.98 Å². The van der Waals surface area contributed by atoms with Gasteiger partial charge in [0.1, 0.15) is 0 Å². The van der Waals surface area contributed by atoms with Crippen molar-refractivity contribution in [1.29, 1.82) is 0 Å². The van der Waals surface area contributed by atoms with Crippen molar-refractivity contribution < 1.29 is 0 Å². The van der Waals surface area contributed by atoms with Crippen LogP contribution in [0.1, 0.15) is 0 Å². The van der Waals surface area contributed by atoms with E-state index in [4.69, 9.17) is 23.2 Å². The van der Waals surface area contributed by atoms with Gasteiger partial charge in [0.05, 0.1) is 0 Å². The molecule has 0 unspecified atom stereocenters. The Morgan fingerprint density at radius 2 is 1.65 bits per heavy atom. The highest BCUT2D eigenvalue weighted by molar-refractivity contribution is 6.31. The molecule has 1 nitrogen and oxygen atoms in total. The maximum atomic E-state index is 5.98. The molecule has 1 N–H and O–H groups in total. The fourth-order valence-corrected chi connectivity index (χ4v) is 2.29. The molecular weight excluding hydrogens is 253 g/mol. The highest BCUT2D eigenvalue weighted by Gasteiger charge is 2.04. The summed E-state index contributed by atoms with van der Waals surface area (Å²) < 4.78 is 0. The molecule has 3 rings (SSSR count). The Hall–Kier alpha value is -1.44. The van der Waals surface area contributed by atoms with E-state index in [1.807, 2.05) is 42.5 Å². The van der Waals surface area contributed by atoms with Gasteiger partial charge in [0.2, 0.25) is 0 Å². The van der Waals surface area contributed by atoms with Crippen LogP contribution in [0.25, 0.3) is 22.2 Å². The van der Waals surface area contributed by atoms with Crippen molar-refractivity contribution >= 4 is 34.1 Å². The Bertz CT molecular complexity index is 686. The van der Waals surface area contributed by atoms with Crippen molar-refractivity contribution in [3.63, 3.8) is 0 Å². The molecule has 0 atom stereocenters. The maximum Gasteiger partial charge on any atom is 0.0465 e. The van der Waals surface area contributed by atoms with Gasteiger partial charge in [-0.3, -0.25) is 0 Å². The van der Waals surface area contributed by atoms with Crippen LogP contribution in [-0.2, 0) is 0 Å². The predicted octanol–water partition coefficient (Wildman–Crippen LogP) is 5.14. The highest BCUT2D eigenvalue weighted by Crippen LogP contribution is 2.27. The normalized spacial score (nSPS) is 10.9. The SMILES string of the molecule is Clc1cccc(-c2cc3cc(Cl)ccc3[nH]2)c1. The fraction of sp³-hybridized carbons (Fsp3) is 0. The molecule has 17 heavy (non-hydrogen) atoms. The second-order valence-corrected chi connectivity index (χ2v) is 4.80. The summed E-state index contributed by atoms with van der Waals surface area (Å²) in [4.78, 5) is 3.35. The van der Waals surface area contributed by atoms with Gasteiger partial charge in [-0.1, -0.05) is 35.3 Å². The van der Waals surface area contributed by atoms with E-state index in [0.29, 0.717) is 0 Å². The lowest BCUT2D eigenvalue weighted by atomic mass is 10.1. The van der Waals surface area contributed by atoms with E-state index >= 15 is 0 Å². The van der Waals surface area contributed by atoms with E-state index < -0.39 is 0 Å². The zero-order chi connectivity index (χ0) is 11.8. The summed E-state index contributed by atoms with van der Waals surface area (Å²) in [6, 6.07) is 15.6. The van der Waals surface area contributed by atoms with Crippen LogP contribution in [0.4, 0.5) is 0 Å². The first-order valence-electron chi connectivity index (χ1n) is 5.26. The lowest BCUT2D eigenvalue weighted by molar-refractivity contribution is 1.45. The van der Waals surface area contributed by atoms with Crippen molar-refractivity contribution in [2.24, 2.45) is 0 Å². The zero-order valence-electron chi connectivity index (χ0n) is 8.87. The number of halogens is 2. The first-order chi connectivity index (χ1) is 8.22. The molecule has 1 heterocycles. The Morgan fingerprint density at radius 3 is 2.47 bits per heavy atom. The number of benzene rings is 2. The standard InChI is InChI=1S/C14H9Cl2N/c15-11-3-1-2-9(6-11)14-8-10-7-12(16)4-5-13(10)17-14/h1-8,17H. The molecule has 0 fully saturated rings. The Balaban J connectivity index is 2.18. The van der Waals surface area contributed by atoms with Crippen LogP contribution < -0.4 is 0 Å². The molecule has 0 aliphatic carbocycles. The summed E-state index contributed by atoms with van der Waals surface area (Å²) in [6.07, 6.45) is 0. The molecule has 1 aromatic heterocycles. The number of hydrogen-bond donors (Lipinski definition) is 1. The van der Waals surface area contributed by atoms with E-state index in [2.05, 4.69) is 11.1 Å². The third kappa shape index (κ3) is 2.04.